The lowest BCUT2D eigenvalue weighted by Gasteiger charge is -2.27. The number of rotatable bonds is 9. The van der Waals surface area contributed by atoms with Crippen LogP contribution < -0.4 is 14.8 Å². The van der Waals surface area contributed by atoms with E-state index < -0.39 is 0 Å². The third kappa shape index (κ3) is 5.53. The summed E-state index contributed by atoms with van der Waals surface area (Å²) in [5.41, 5.74) is 3.19. The molecule has 2 bridgehead atoms. The molecular weight excluding hydrogens is 524 g/mol. The van der Waals surface area contributed by atoms with Crippen LogP contribution in [0.25, 0.3) is 11.1 Å². The summed E-state index contributed by atoms with van der Waals surface area (Å²) in [5, 5.41) is 16.8. The number of likely N-dealkylation sites (tertiary alicyclic amines) is 1. The van der Waals surface area contributed by atoms with Crippen LogP contribution in [-0.4, -0.2) is 74.1 Å². The Morgan fingerprint density at radius 1 is 1.20 bits per heavy atom. The molecule has 2 saturated heterocycles. The number of anilines is 2. The number of fused-ring (bicyclic) bond motifs is 2. The molecule has 0 aliphatic carbocycles. The molecule has 208 valence electrons. The molecule has 0 radical (unpaired) electrons. The van der Waals surface area contributed by atoms with Gasteiger partial charge in [0.15, 0.2) is 0 Å². The van der Waals surface area contributed by atoms with Crippen molar-refractivity contribution >= 4 is 17.5 Å². The summed E-state index contributed by atoms with van der Waals surface area (Å²) < 4.78 is 18.9. The number of aromatic nitrogens is 5. The lowest BCUT2D eigenvalue weighted by atomic mass is 10.1. The van der Waals surface area contributed by atoms with E-state index in [0.29, 0.717) is 54.0 Å². The van der Waals surface area contributed by atoms with E-state index in [1.54, 1.807) is 60.8 Å². The molecule has 2 aliphatic rings. The Morgan fingerprint density at radius 3 is 2.73 bits per heavy atom. The standard InChI is InChI=1S/C29H28N8O4/c1-18(13-36-17-31-16-34-36)41-26-7-19(3-4-21(26)10-30)22-11-32-29(33-12-22)35-25-6-5-20(8-27(25)39-2)28(38)37-14-24-9-23(37)15-40-24/h3-8,11-12,16-18,23-24H,9,13-15H2,1-2H3,(H,32,33,35)/t18-,23-,24-/m0/s1. The zero-order valence-electron chi connectivity index (χ0n) is 22.6. The van der Waals surface area contributed by atoms with E-state index in [0.717, 1.165) is 17.5 Å². The molecule has 2 aliphatic heterocycles. The second kappa shape index (κ2) is 11.2. The summed E-state index contributed by atoms with van der Waals surface area (Å²) in [5.74, 6) is 1.32. The van der Waals surface area contributed by atoms with Gasteiger partial charge in [0.1, 0.15) is 36.3 Å². The Labute approximate surface area is 236 Å². The van der Waals surface area contributed by atoms with Crippen LogP contribution >= 0.6 is 0 Å². The first kappa shape index (κ1) is 26.2. The van der Waals surface area contributed by atoms with Gasteiger partial charge in [0.2, 0.25) is 5.95 Å². The van der Waals surface area contributed by atoms with Gasteiger partial charge in [-0.2, -0.15) is 10.4 Å². The molecule has 0 unspecified atom stereocenters. The summed E-state index contributed by atoms with van der Waals surface area (Å²) in [7, 11) is 1.56. The Balaban J connectivity index is 1.15. The highest BCUT2D eigenvalue weighted by Crippen LogP contribution is 2.33. The number of carbonyl (C=O) groups excluding carboxylic acids is 1. The molecule has 2 aromatic heterocycles. The SMILES string of the molecule is COc1cc(C(=O)N2C[C@@H]3C[C@H]2CO3)ccc1Nc1ncc(-c2ccc(C#N)c(O[C@@H](C)Cn3cncn3)c2)cn1. The van der Waals surface area contributed by atoms with Crippen LogP contribution in [0.4, 0.5) is 11.6 Å². The maximum Gasteiger partial charge on any atom is 0.254 e. The van der Waals surface area contributed by atoms with Crippen LogP contribution in [0.15, 0.2) is 61.4 Å². The van der Waals surface area contributed by atoms with Crippen LogP contribution in [0.2, 0.25) is 0 Å². The quantitative estimate of drug-likeness (QED) is 0.328. The van der Waals surface area contributed by atoms with Gasteiger partial charge in [-0.1, -0.05) is 6.07 Å². The monoisotopic (exact) mass is 552 g/mol. The normalized spacial score (nSPS) is 18.1. The number of nitrogens with one attached hydrogen (secondary N) is 1. The van der Waals surface area contributed by atoms with Crippen molar-refractivity contribution in [3.05, 3.63) is 72.6 Å². The van der Waals surface area contributed by atoms with Gasteiger partial charge in [0.25, 0.3) is 5.91 Å². The van der Waals surface area contributed by atoms with Gasteiger partial charge in [-0.15, -0.1) is 0 Å². The molecule has 12 heteroatoms. The number of nitriles is 1. The molecule has 2 aromatic carbocycles. The smallest absolute Gasteiger partial charge is 0.254 e. The van der Waals surface area contributed by atoms with Gasteiger partial charge in [-0.05, 0) is 49.2 Å². The van der Waals surface area contributed by atoms with E-state index in [9.17, 15) is 10.1 Å². The number of ether oxygens (including phenoxy) is 3. The topological polar surface area (TPSA) is 140 Å². The highest BCUT2D eigenvalue weighted by atomic mass is 16.5. The van der Waals surface area contributed by atoms with Crippen LogP contribution in [0, 0.1) is 11.3 Å². The molecule has 1 amide bonds. The zero-order valence-corrected chi connectivity index (χ0v) is 22.6. The fourth-order valence-corrected chi connectivity index (χ4v) is 5.14. The number of amides is 1. The van der Waals surface area contributed by atoms with Gasteiger partial charge in [-0.25, -0.2) is 19.6 Å². The van der Waals surface area contributed by atoms with Crippen molar-refractivity contribution in [3.63, 3.8) is 0 Å². The average molecular weight is 553 g/mol. The van der Waals surface area contributed by atoms with Crippen LogP contribution in [0.3, 0.4) is 0 Å². The van der Waals surface area contributed by atoms with Gasteiger partial charge >= 0.3 is 0 Å². The zero-order chi connectivity index (χ0) is 28.3. The fourth-order valence-electron chi connectivity index (χ4n) is 5.14. The van der Waals surface area contributed by atoms with Gasteiger partial charge < -0.3 is 24.4 Å². The molecule has 4 aromatic rings. The summed E-state index contributed by atoms with van der Waals surface area (Å²) in [6.45, 7) is 3.62. The molecule has 2 fully saturated rings. The van der Waals surface area contributed by atoms with E-state index in [1.807, 2.05) is 17.9 Å². The van der Waals surface area contributed by atoms with Crippen molar-refractivity contribution in [2.24, 2.45) is 0 Å². The predicted molar refractivity (Wildman–Crippen MR) is 148 cm³/mol. The number of hydrogen-bond acceptors (Lipinski definition) is 10. The maximum absolute atomic E-state index is 13.1. The summed E-state index contributed by atoms with van der Waals surface area (Å²) in [6, 6.07) is 13.0. The van der Waals surface area contributed by atoms with Crippen molar-refractivity contribution in [2.45, 2.75) is 38.1 Å². The number of hydrogen-bond donors (Lipinski definition) is 1. The largest absolute Gasteiger partial charge is 0.495 e. The minimum Gasteiger partial charge on any atom is -0.495 e. The van der Waals surface area contributed by atoms with E-state index in [-0.39, 0.29) is 24.2 Å². The average Bonchev–Trinajstić information content (AvgIpc) is 3.77. The van der Waals surface area contributed by atoms with Crippen molar-refractivity contribution in [1.82, 2.24) is 29.6 Å². The lowest BCUT2D eigenvalue weighted by Crippen LogP contribution is -2.41. The fraction of sp³-hybridized carbons (Fsp3) is 0.310. The van der Waals surface area contributed by atoms with E-state index in [2.05, 4.69) is 31.4 Å². The van der Waals surface area contributed by atoms with Gasteiger partial charge in [0.05, 0.1) is 43.7 Å². The number of carbonyl (C=O) groups is 1. The second-order valence-corrected chi connectivity index (χ2v) is 10.0. The molecule has 6 rings (SSSR count). The van der Waals surface area contributed by atoms with E-state index >= 15 is 0 Å². The van der Waals surface area contributed by atoms with Crippen molar-refractivity contribution in [2.75, 3.05) is 25.6 Å². The van der Waals surface area contributed by atoms with E-state index in [1.165, 1.54) is 6.33 Å². The van der Waals surface area contributed by atoms with Crippen LogP contribution in [0.1, 0.15) is 29.3 Å². The first-order valence-corrected chi connectivity index (χ1v) is 13.2. The summed E-state index contributed by atoms with van der Waals surface area (Å²) in [4.78, 5) is 27.8. The number of morpholine rings is 1. The molecule has 1 N–H and O–H groups in total. The molecule has 4 heterocycles. The molecular formula is C29H28N8O4. The molecule has 12 nitrogen and oxygen atoms in total. The van der Waals surface area contributed by atoms with Crippen molar-refractivity contribution in [3.8, 4) is 28.7 Å². The summed E-state index contributed by atoms with van der Waals surface area (Å²) >= 11 is 0. The maximum atomic E-state index is 13.1. The first-order chi connectivity index (χ1) is 20.0. The first-order valence-electron chi connectivity index (χ1n) is 13.2. The lowest BCUT2D eigenvalue weighted by molar-refractivity contribution is 0.0259. The molecule has 0 spiro atoms. The highest BCUT2D eigenvalue weighted by molar-refractivity contribution is 5.96. The Kier molecular flexibility index (Phi) is 7.18. The van der Waals surface area contributed by atoms with Gasteiger partial charge in [0, 0.05) is 30.1 Å². The van der Waals surface area contributed by atoms with Crippen molar-refractivity contribution in [1.29, 1.82) is 5.26 Å². The molecule has 3 atom stereocenters. The number of benzene rings is 2. The Morgan fingerprint density at radius 2 is 2.05 bits per heavy atom. The Bertz CT molecular complexity index is 1590. The molecule has 41 heavy (non-hydrogen) atoms. The minimum atomic E-state index is -0.238. The predicted octanol–water partition coefficient (Wildman–Crippen LogP) is 3.44. The van der Waals surface area contributed by atoms with E-state index in [4.69, 9.17) is 14.2 Å². The molecule has 0 saturated carbocycles. The third-order valence-electron chi connectivity index (χ3n) is 7.18. The van der Waals surface area contributed by atoms with Crippen molar-refractivity contribution < 1.29 is 19.0 Å². The highest BCUT2D eigenvalue weighted by Gasteiger charge is 2.41. The number of nitrogens with zero attached hydrogens (tertiary/aromatic N) is 7. The second-order valence-electron chi connectivity index (χ2n) is 10.0. The third-order valence-corrected chi connectivity index (χ3v) is 7.18. The number of methoxy groups -OCH3 is 1. The Hall–Kier alpha value is -5.02. The van der Waals surface area contributed by atoms with Gasteiger partial charge in [-0.3, -0.25) is 4.79 Å². The van der Waals surface area contributed by atoms with Crippen LogP contribution in [0.5, 0.6) is 11.5 Å². The minimum absolute atomic E-state index is 0.0233. The summed E-state index contributed by atoms with van der Waals surface area (Å²) in [6.07, 6.45) is 7.26. The van der Waals surface area contributed by atoms with Crippen LogP contribution in [-0.2, 0) is 11.3 Å².